The molecular formula is C10H14N2O4S. The van der Waals surface area contributed by atoms with E-state index in [0.717, 1.165) is 0 Å². The van der Waals surface area contributed by atoms with E-state index in [4.69, 9.17) is 5.73 Å². The third kappa shape index (κ3) is 3.52. The first kappa shape index (κ1) is 13.6. The van der Waals surface area contributed by atoms with Gasteiger partial charge in [0.1, 0.15) is 0 Å². The Morgan fingerprint density at radius 1 is 1.35 bits per heavy atom. The Balaban J connectivity index is 2.91. The van der Waals surface area contributed by atoms with Crippen LogP contribution in [0.2, 0.25) is 0 Å². The van der Waals surface area contributed by atoms with E-state index in [2.05, 4.69) is 9.46 Å². The van der Waals surface area contributed by atoms with E-state index >= 15 is 0 Å². The largest absolute Gasteiger partial charge is 0.465 e. The van der Waals surface area contributed by atoms with Gasteiger partial charge in [-0.1, -0.05) is 0 Å². The lowest BCUT2D eigenvalue weighted by Crippen LogP contribution is -2.29. The van der Waals surface area contributed by atoms with Crippen LogP contribution in [-0.4, -0.2) is 34.6 Å². The number of rotatable bonds is 5. The summed E-state index contributed by atoms with van der Waals surface area (Å²) in [6, 6.07) is 5.46. The van der Waals surface area contributed by atoms with Gasteiger partial charge >= 0.3 is 5.97 Å². The Bertz CT molecular complexity index is 482. The van der Waals surface area contributed by atoms with Crippen LogP contribution in [0.15, 0.2) is 29.2 Å². The number of ether oxygens (including phenoxy) is 1. The molecule has 94 valence electrons. The summed E-state index contributed by atoms with van der Waals surface area (Å²) in [5, 5.41) is 0. The zero-order chi connectivity index (χ0) is 12.9. The number of benzene rings is 1. The van der Waals surface area contributed by atoms with E-state index in [1.807, 2.05) is 0 Å². The van der Waals surface area contributed by atoms with Crippen LogP contribution >= 0.6 is 0 Å². The predicted molar refractivity (Wildman–Crippen MR) is 62.0 cm³/mol. The van der Waals surface area contributed by atoms with Crippen molar-refractivity contribution in [3.05, 3.63) is 29.8 Å². The van der Waals surface area contributed by atoms with Gasteiger partial charge in [-0.15, -0.1) is 0 Å². The van der Waals surface area contributed by atoms with Gasteiger partial charge in [-0.2, -0.15) is 0 Å². The van der Waals surface area contributed by atoms with E-state index in [1.165, 1.54) is 31.4 Å². The minimum atomic E-state index is -3.55. The van der Waals surface area contributed by atoms with E-state index in [0.29, 0.717) is 5.56 Å². The molecule has 0 aliphatic carbocycles. The van der Waals surface area contributed by atoms with Gasteiger partial charge < -0.3 is 10.5 Å². The number of methoxy groups -OCH3 is 1. The monoisotopic (exact) mass is 258 g/mol. The lowest BCUT2D eigenvalue weighted by atomic mass is 10.2. The molecule has 0 bridgehead atoms. The molecule has 0 aromatic heterocycles. The maximum absolute atomic E-state index is 11.7. The van der Waals surface area contributed by atoms with Gasteiger partial charge in [-0.3, -0.25) is 0 Å². The molecule has 6 nitrogen and oxygen atoms in total. The average molecular weight is 258 g/mol. The highest BCUT2D eigenvalue weighted by Gasteiger charge is 2.13. The second kappa shape index (κ2) is 5.76. The number of nitrogens with two attached hydrogens (primary N) is 1. The van der Waals surface area contributed by atoms with Crippen molar-refractivity contribution in [2.75, 3.05) is 20.2 Å². The highest BCUT2D eigenvalue weighted by atomic mass is 32.2. The number of esters is 1. The van der Waals surface area contributed by atoms with Crippen molar-refractivity contribution in [1.82, 2.24) is 4.72 Å². The molecule has 0 saturated heterocycles. The third-order valence-electron chi connectivity index (χ3n) is 2.02. The first-order valence-electron chi connectivity index (χ1n) is 4.89. The van der Waals surface area contributed by atoms with Crippen LogP contribution in [0.3, 0.4) is 0 Å². The summed E-state index contributed by atoms with van der Waals surface area (Å²) in [6.07, 6.45) is 0. The molecule has 1 aromatic rings. The molecule has 7 heteroatoms. The molecular weight excluding hydrogens is 244 g/mol. The lowest BCUT2D eigenvalue weighted by molar-refractivity contribution is 0.0600. The molecule has 0 aliphatic heterocycles. The van der Waals surface area contributed by atoms with Gasteiger partial charge in [0.05, 0.1) is 17.6 Å². The van der Waals surface area contributed by atoms with Crippen LogP contribution in [0, 0.1) is 0 Å². The molecule has 0 spiro atoms. The van der Waals surface area contributed by atoms with Gasteiger partial charge in [0, 0.05) is 13.1 Å². The average Bonchev–Trinajstić information content (AvgIpc) is 2.35. The summed E-state index contributed by atoms with van der Waals surface area (Å²) in [4.78, 5) is 11.2. The molecule has 0 saturated carbocycles. The van der Waals surface area contributed by atoms with E-state index in [1.54, 1.807) is 0 Å². The number of carbonyl (C=O) groups is 1. The van der Waals surface area contributed by atoms with Crippen molar-refractivity contribution in [1.29, 1.82) is 0 Å². The number of hydrogen-bond acceptors (Lipinski definition) is 5. The number of hydrogen-bond donors (Lipinski definition) is 2. The molecule has 1 rings (SSSR count). The predicted octanol–water partition coefficient (Wildman–Crippen LogP) is -0.290. The first-order valence-corrected chi connectivity index (χ1v) is 6.37. The summed E-state index contributed by atoms with van der Waals surface area (Å²) >= 11 is 0. The van der Waals surface area contributed by atoms with Gasteiger partial charge in [0.25, 0.3) is 0 Å². The molecule has 17 heavy (non-hydrogen) atoms. The Labute approximate surface area is 99.8 Å². The van der Waals surface area contributed by atoms with Crippen LogP contribution in [0.1, 0.15) is 10.4 Å². The van der Waals surface area contributed by atoms with Crippen molar-refractivity contribution >= 4 is 16.0 Å². The van der Waals surface area contributed by atoms with Gasteiger partial charge in [0.15, 0.2) is 0 Å². The molecule has 0 radical (unpaired) electrons. The normalized spacial score (nSPS) is 11.2. The van der Waals surface area contributed by atoms with Crippen molar-refractivity contribution in [2.45, 2.75) is 4.90 Å². The smallest absolute Gasteiger partial charge is 0.337 e. The van der Waals surface area contributed by atoms with Crippen LogP contribution in [0.5, 0.6) is 0 Å². The standard InChI is InChI=1S/C10H14N2O4S/c1-16-10(13)8-2-4-9(5-3-8)17(14,15)12-7-6-11/h2-5,12H,6-7,11H2,1H3. The maximum atomic E-state index is 11.7. The Hall–Kier alpha value is -1.44. The molecule has 0 heterocycles. The number of carbonyl (C=O) groups excluding carboxylic acids is 1. The zero-order valence-corrected chi connectivity index (χ0v) is 10.2. The third-order valence-corrected chi connectivity index (χ3v) is 3.50. The van der Waals surface area contributed by atoms with E-state index in [9.17, 15) is 13.2 Å². The second-order valence-corrected chi connectivity index (χ2v) is 4.97. The quantitative estimate of drug-likeness (QED) is 0.707. The van der Waals surface area contributed by atoms with Gasteiger partial charge in [-0.25, -0.2) is 17.9 Å². The maximum Gasteiger partial charge on any atom is 0.337 e. The molecule has 3 N–H and O–H groups in total. The van der Waals surface area contributed by atoms with Crippen LogP contribution in [-0.2, 0) is 14.8 Å². The second-order valence-electron chi connectivity index (χ2n) is 3.20. The van der Waals surface area contributed by atoms with Crippen molar-refractivity contribution in [2.24, 2.45) is 5.73 Å². The summed E-state index contributed by atoms with van der Waals surface area (Å²) in [5.41, 5.74) is 5.50. The number of sulfonamides is 1. The van der Waals surface area contributed by atoms with E-state index < -0.39 is 16.0 Å². The molecule has 0 fully saturated rings. The molecule has 0 atom stereocenters. The SMILES string of the molecule is COC(=O)c1ccc(S(=O)(=O)NCCN)cc1. The molecule has 0 unspecified atom stereocenters. The first-order chi connectivity index (χ1) is 8.01. The van der Waals surface area contributed by atoms with Crippen LogP contribution < -0.4 is 10.5 Å². The van der Waals surface area contributed by atoms with Crippen molar-refractivity contribution < 1.29 is 17.9 Å². The fourth-order valence-corrected chi connectivity index (χ4v) is 2.21. The Kier molecular flexibility index (Phi) is 4.62. The summed E-state index contributed by atoms with van der Waals surface area (Å²) < 4.78 is 30.1. The van der Waals surface area contributed by atoms with Gasteiger partial charge in [-0.05, 0) is 24.3 Å². The zero-order valence-electron chi connectivity index (χ0n) is 9.34. The van der Waals surface area contributed by atoms with Crippen molar-refractivity contribution in [3.8, 4) is 0 Å². The fraction of sp³-hybridized carbons (Fsp3) is 0.300. The number of nitrogens with one attached hydrogen (secondary N) is 1. The minimum absolute atomic E-state index is 0.0820. The van der Waals surface area contributed by atoms with Crippen LogP contribution in [0.25, 0.3) is 0 Å². The Morgan fingerprint density at radius 2 is 1.94 bits per heavy atom. The molecule has 0 aliphatic rings. The topological polar surface area (TPSA) is 98.5 Å². The van der Waals surface area contributed by atoms with Gasteiger partial charge in [0.2, 0.25) is 10.0 Å². The fourth-order valence-electron chi connectivity index (χ4n) is 1.16. The lowest BCUT2D eigenvalue weighted by Gasteiger charge is -2.06. The summed E-state index contributed by atoms with van der Waals surface area (Å²) in [7, 11) is -2.29. The Morgan fingerprint density at radius 3 is 2.41 bits per heavy atom. The van der Waals surface area contributed by atoms with Crippen molar-refractivity contribution in [3.63, 3.8) is 0 Å². The summed E-state index contributed by atoms with van der Waals surface area (Å²) in [5.74, 6) is -0.510. The summed E-state index contributed by atoms with van der Waals surface area (Å²) in [6.45, 7) is 0.389. The van der Waals surface area contributed by atoms with Crippen LogP contribution in [0.4, 0.5) is 0 Å². The minimum Gasteiger partial charge on any atom is -0.465 e. The highest BCUT2D eigenvalue weighted by molar-refractivity contribution is 7.89. The molecule has 0 amide bonds. The highest BCUT2D eigenvalue weighted by Crippen LogP contribution is 2.10. The van der Waals surface area contributed by atoms with E-state index in [-0.39, 0.29) is 18.0 Å². The molecule has 1 aromatic carbocycles.